The molecule has 1 aliphatic heterocycles. The average Bonchev–Trinajstić information content (AvgIpc) is 3.10. The summed E-state index contributed by atoms with van der Waals surface area (Å²) in [7, 11) is 1.67. The molecule has 2 aromatic carbocycles. The van der Waals surface area contributed by atoms with Crippen LogP contribution in [-0.4, -0.2) is 27.3 Å². The molecule has 1 aliphatic rings. The Balaban J connectivity index is 1.69. The molecule has 1 aromatic heterocycles. The molecule has 24 heavy (non-hydrogen) atoms. The fourth-order valence-corrected chi connectivity index (χ4v) is 3.32. The number of nitrogens with zero attached hydrogens (tertiary/aromatic N) is 4. The number of methoxy groups -OCH3 is 1. The highest BCUT2D eigenvalue weighted by Crippen LogP contribution is 2.37. The van der Waals surface area contributed by atoms with Gasteiger partial charge in [0.2, 0.25) is 5.95 Å². The maximum absolute atomic E-state index is 5.25. The Morgan fingerprint density at radius 2 is 1.79 bits per heavy atom. The monoisotopic (exact) mass is 385 g/mol. The smallest absolute Gasteiger partial charge is 0.243 e. The van der Waals surface area contributed by atoms with E-state index in [4.69, 9.17) is 4.74 Å². The van der Waals surface area contributed by atoms with Gasteiger partial charge in [0.05, 0.1) is 19.2 Å². The number of anilines is 1. The first-order valence-electron chi connectivity index (χ1n) is 7.68. The predicted octanol–water partition coefficient (Wildman–Crippen LogP) is 3.59. The number of halogens is 1. The second-order valence-electron chi connectivity index (χ2n) is 5.72. The fourth-order valence-electron chi connectivity index (χ4n) is 3.05. The van der Waals surface area contributed by atoms with Gasteiger partial charge in [0, 0.05) is 4.47 Å². The molecule has 0 amide bonds. The second-order valence-corrected chi connectivity index (χ2v) is 6.64. The first-order chi connectivity index (χ1) is 11.7. The molecule has 122 valence electrons. The Morgan fingerprint density at radius 1 is 1.08 bits per heavy atom. The van der Waals surface area contributed by atoms with Crippen LogP contribution in [-0.2, 0) is 0 Å². The number of hydrogen-bond donors (Lipinski definition) is 1. The number of aromatic nitrogens is 4. The van der Waals surface area contributed by atoms with Gasteiger partial charge in [0.1, 0.15) is 5.75 Å². The highest BCUT2D eigenvalue weighted by atomic mass is 79.9. The van der Waals surface area contributed by atoms with Gasteiger partial charge in [-0.3, -0.25) is 0 Å². The van der Waals surface area contributed by atoms with Crippen LogP contribution >= 0.6 is 15.9 Å². The summed E-state index contributed by atoms with van der Waals surface area (Å²) in [5.41, 5.74) is 2.37. The summed E-state index contributed by atoms with van der Waals surface area (Å²) < 4.78 is 8.16. The zero-order valence-corrected chi connectivity index (χ0v) is 14.6. The standard InChI is InChI=1S/C17H16BrN5O/c1-24-14-8-4-12(5-9-14)16-10-15(11-2-6-13(18)7-3-11)19-17-20-21-22-23(16)17/h2-9,15-16H,10H2,1H3,(H,19,20,22)/t15-,16-/m1/s1. The Morgan fingerprint density at radius 3 is 2.50 bits per heavy atom. The molecule has 1 N–H and O–H groups in total. The summed E-state index contributed by atoms with van der Waals surface area (Å²) in [6, 6.07) is 16.6. The van der Waals surface area contributed by atoms with Gasteiger partial charge in [0.15, 0.2) is 0 Å². The van der Waals surface area contributed by atoms with Crippen LogP contribution in [0.1, 0.15) is 29.6 Å². The number of rotatable bonds is 3. The fraction of sp³-hybridized carbons (Fsp3) is 0.235. The van der Waals surface area contributed by atoms with Crippen molar-refractivity contribution >= 4 is 21.9 Å². The van der Waals surface area contributed by atoms with Crippen LogP contribution in [0.25, 0.3) is 0 Å². The Labute approximate surface area is 148 Å². The molecule has 2 heterocycles. The van der Waals surface area contributed by atoms with Gasteiger partial charge in [0.25, 0.3) is 0 Å². The first kappa shape index (κ1) is 15.1. The van der Waals surface area contributed by atoms with Crippen molar-refractivity contribution in [1.82, 2.24) is 20.2 Å². The highest BCUT2D eigenvalue weighted by molar-refractivity contribution is 9.10. The van der Waals surface area contributed by atoms with Crippen molar-refractivity contribution in [2.75, 3.05) is 12.4 Å². The van der Waals surface area contributed by atoms with Crippen molar-refractivity contribution in [3.8, 4) is 5.75 Å². The van der Waals surface area contributed by atoms with Crippen molar-refractivity contribution in [2.45, 2.75) is 18.5 Å². The van der Waals surface area contributed by atoms with E-state index in [2.05, 4.69) is 73.2 Å². The summed E-state index contributed by atoms with van der Waals surface area (Å²) in [5, 5.41) is 15.5. The predicted molar refractivity (Wildman–Crippen MR) is 94.1 cm³/mol. The molecule has 0 bridgehead atoms. The van der Waals surface area contributed by atoms with Crippen LogP contribution < -0.4 is 10.1 Å². The Kier molecular flexibility index (Phi) is 3.93. The van der Waals surface area contributed by atoms with Crippen molar-refractivity contribution in [2.24, 2.45) is 0 Å². The van der Waals surface area contributed by atoms with Gasteiger partial charge < -0.3 is 10.1 Å². The number of tetrazole rings is 1. The summed E-state index contributed by atoms with van der Waals surface area (Å²) in [4.78, 5) is 0. The minimum absolute atomic E-state index is 0.0794. The Bertz CT molecular complexity index is 831. The largest absolute Gasteiger partial charge is 0.497 e. The molecule has 6 nitrogen and oxygen atoms in total. The molecule has 0 unspecified atom stereocenters. The van der Waals surface area contributed by atoms with E-state index in [0.717, 1.165) is 22.2 Å². The third-order valence-corrected chi connectivity index (χ3v) is 4.85. The minimum Gasteiger partial charge on any atom is -0.497 e. The minimum atomic E-state index is 0.0794. The number of fused-ring (bicyclic) bond motifs is 1. The molecule has 4 rings (SSSR count). The van der Waals surface area contributed by atoms with Crippen LogP contribution in [0.15, 0.2) is 53.0 Å². The maximum atomic E-state index is 5.25. The molecule has 3 aromatic rings. The summed E-state index contributed by atoms with van der Waals surface area (Å²) in [6.45, 7) is 0. The van der Waals surface area contributed by atoms with Gasteiger partial charge in [-0.05, 0) is 52.2 Å². The number of benzene rings is 2. The normalized spacial score (nSPS) is 19.4. The number of ether oxygens (including phenoxy) is 1. The van der Waals surface area contributed by atoms with Crippen LogP contribution in [0, 0.1) is 0 Å². The molecule has 0 aliphatic carbocycles. The van der Waals surface area contributed by atoms with Gasteiger partial charge in [-0.2, -0.15) is 0 Å². The molecule has 7 heteroatoms. The van der Waals surface area contributed by atoms with Crippen molar-refractivity contribution in [1.29, 1.82) is 0 Å². The van der Waals surface area contributed by atoms with Crippen LogP contribution in [0.5, 0.6) is 5.75 Å². The topological polar surface area (TPSA) is 64.9 Å². The first-order valence-corrected chi connectivity index (χ1v) is 8.48. The maximum Gasteiger partial charge on any atom is 0.243 e. The van der Waals surface area contributed by atoms with E-state index in [1.54, 1.807) is 7.11 Å². The van der Waals surface area contributed by atoms with Crippen molar-refractivity contribution < 1.29 is 4.74 Å². The quantitative estimate of drug-likeness (QED) is 0.745. The lowest BCUT2D eigenvalue weighted by molar-refractivity contribution is 0.410. The summed E-state index contributed by atoms with van der Waals surface area (Å²) >= 11 is 3.48. The average molecular weight is 386 g/mol. The summed E-state index contributed by atoms with van der Waals surface area (Å²) in [5.74, 6) is 1.53. The molecule has 0 radical (unpaired) electrons. The van der Waals surface area contributed by atoms with Gasteiger partial charge in [-0.25, -0.2) is 4.68 Å². The summed E-state index contributed by atoms with van der Waals surface area (Å²) in [6.07, 6.45) is 0.867. The highest BCUT2D eigenvalue weighted by Gasteiger charge is 2.30. The van der Waals surface area contributed by atoms with E-state index in [0.29, 0.717) is 5.95 Å². The van der Waals surface area contributed by atoms with Crippen molar-refractivity contribution in [3.05, 3.63) is 64.1 Å². The number of hydrogen-bond acceptors (Lipinski definition) is 5. The zero-order valence-electron chi connectivity index (χ0n) is 13.1. The van der Waals surface area contributed by atoms with E-state index in [1.165, 1.54) is 5.56 Å². The van der Waals surface area contributed by atoms with Crippen LogP contribution in [0.4, 0.5) is 5.95 Å². The lowest BCUT2D eigenvalue weighted by Gasteiger charge is -2.31. The van der Waals surface area contributed by atoms with Gasteiger partial charge in [-0.15, -0.1) is 0 Å². The Hall–Kier alpha value is -2.41. The van der Waals surface area contributed by atoms with E-state index in [9.17, 15) is 0 Å². The molecular weight excluding hydrogens is 370 g/mol. The molecule has 0 saturated carbocycles. The van der Waals surface area contributed by atoms with Crippen LogP contribution in [0.3, 0.4) is 0 Å². The number of nitrogens with one attached hydrogen (secondary N) is 1. The van der Waals surface area contributed by atoms with E-state index >= 15 is 0 Å². The molecule has 2 atom stereocenters. The van der Waals surface area contributed by atoms with E-state index in [-0.39, 0.29) is 12.1 Å². The van der Waals surface area contributed by atoms with Crippen molar-refractivity contribution in [3.63, 3.8) is 0 Å². The van der Waals surface area contributed by atoms with Gasteiger partial charge >= 0.3 is 0 Å². The van der Waals surface area contributed by atoms with Gasteiger partial charge in [-0.1, -0.05) is 45.3 Å². The molecular formula is C17H16BrN5O. The second kappa shape index (κ2) is 6.24. The molecule has 0 saturated heterocycles. The van der Waals surface area contributed by atoms with E-state index < -0.39 is 0 Å². The third-order valence-electron chi connectivity index (χ3n) is 4.32. The lowest BCUT2D eigenvalue weighted by atomic mass is 9.93. The zero-order chi connectivity index (χ0) is 16.5. The lowest BCUT2D eigenvalue weighted by Crippen LogP contribution is -2.28. The SMILES string of the molecule is COc1ccc([C@H]2C[C@H](c3ccc(Br)cc3)Nc3nnnn32)cc1. The third kappa shape index (κ3) is 2.75. The van der Waals surface area contributed by atoms with Crippen LogP contribution in [0.2, 0.25) is 0 Å². The molecule has 0 fully saturated rings. The van der Waals surface area contributed by atoms with E-state index in [1.807, 2.05) is 16.8 Å². The molecule has 0 spiro atoms.